The highest BCUT2D eigenvalue weighted by molar-refractivity contribution is 5.70. The minimum atomic E-state index is -0.853. The third-order valence-electron chi connectivity index (χ3n) is 3.16. The number of aliphatic carboxylic acids is 1. The molecule has 1 aliphatic rings. The van der Waals surface area contributed by atoms with Crippen LogP contribution >= 0.6 is 0 Å². The van der Waals surface area contributed by atoms with Crippen LogP contribution < -0.4 is 14.8 Å². The van der Waals surface area contributed by atoms with Crippen LogP contribution in [0.3, 0.4) is 0 Å². The van der Waals surface area contributed by atoms with Gasteiger partial charge in [-0.3, -0.25) is 4.79 Å². The van der Waals surface area contributed by atoms with Crippen molar-refractivity contribution in [2.24, 2.45) is 0 Å². The van der Waals surface area contributed by atoms with Crippen LogP contribution in [0.25, 0.3) is 0 Å². The van der Waals surface area contributed by atoms with E-state index in [4.69, 9.17) is 14.6 Å². The summed E-state index contributed by atoms with van der Waals surface area (Å²) in [6.45, 7) is 1.92. The summed E-state index contributed by atoms with van der Waals surface area (Å²) in [7, 11) is 1.56. The summed E-state index contributed by atoms with van der Waals surface area (Å²) >= 11 is 0. The number of nitrogens with one attached hydrogen (secondary N) is 1. The molecule has 0 aromatic heterocycles. The van der Waals surface area contributed by atoms with Crippen molar-refractivity contribution in [2.75, 3.05) is 20.2 Å². The average molecular weight is 265 g/mol. The molecule has 1 saturated heterocycles. The highest BCUT2D eigenvalue weighted by Gasteiger charge is 2.17. The van der Waals surface area contributed by atoms with Gasteiger partial charge in [0.1, 0.15) is 6.10 Å². The van der Waals surface area contributed by atoms with Gasteiger partial charge in [-0.2, -0.15) is 0 Å². The fourth-order valence-corrected chi connectivity index (χ4v) is 2.19. The zero-order chi connectivity index (χ0) is 13.7. The van der Waals surface area contributed by atoms with Gasteiger partial charge in [-0.05, 0) is 43.6 Å². The number of hydrogen-bond acceptors (Lipinski definition) is 4. The fourth-order valence-electron chi connectivity index (χ4n) is 2.19. The molecule has 0 atom stereocenters. The van der Waals surface area contributed by atoms with Gasteiger partial charge in [0, 0.05) is 0 Å². The molecular formula is C14H19NO4. The van der Waals surface area contributed by atoms with Crippen LogP contribution in [0, 0.1) is 0 Å². The molecule has 1 aliphatic heterocycles. The molecule has 104 valence electrons. The van der Waals surface area contributed by atoms with Crippen LogP contribution in [0.15, 0.2) is 18.2 Å². The van der Waals surface area contributed by atoms with Crippen molar-refractivity contribution in [1.82, 2.24) is 5.32 Å². The zero-order valence-corrected chi connectivity index (χ0v) is 11.0. The molecule has 19 heavy (non-hydrogen) atoms. The van der Waals surface area contributed by atoms with Gasteiger partial charge in [0.05, 0.1) is 13.5 Å². The summed E-state index contributed by atoms with van der Waals surface area (Å²) < 4.78 is 11.2. The number of carbonyl (C=O) groups is 1. The second-order valence-electron chi connectivity index (χ2n) is 4.62. The van der Waals surface area contributed by atoms with E-state index in [-0.39, 0.29) is 12.5 Å². The first-order valence-electron chi connectivity index (χ1n) is 6.45. The van der Waals surface area contributed by atoms with Gasteiger partial charge in [0.25, 0.3) is 0 Å². The molecule has 1 heterocycles. The first-order chi connectivity index (χ1) is 9.19. The van der Waals surface area contributed by atoms with Crippen molar-refractivity contribution < 1.29 is 19.4 Å². The molecule has 0 aliphatic carbocycles. The lowest BCUT2D eigenvalue weighted by molar-refractivity contribution is -0.136. The molecule has 2 rings (SSSR count). The van der Waals surface area contributed by atoms with Crippen LogP contribution in [0.2, 0.25) is 0 Å². The lowest BCUT2D eigenvalue weighted by Gasteiger charge is -2.24. The molecule has 0 spiro atoms. The maximum absolute atomic E-state index is 10.7. The Morgan fingerprint density at radius 2 is 2.11 bits per heavy atom. The summed E-state index contributed by atoms with van der Waals surface area (Å²) in [5, 5.41) is 12.1. The monoisotopic (exact) mass is 265 g/mol. The maximum atomic E-state index is 10.7. The fraction of sp³-hybridized carbons (Fsp3) is 0.500. The van der Waals surface area contributed by atoms with E-state index >= 15 is 0 Å². The largest absolute Gasteiger partial charge is 0.493 e. The highest BCUT2D eigenvalue weighted by Crippen LogP contribution is 2.30. The summed E-state index contributed by atoms with van der Waals surface area (Å²) in [6, 6.07) is 5.29. The summed E-state index contributed by atoms with van der Waals surface area (Å²) in [5.74, 6) is 0.426. The number of piperidine rings is 1. The molecule has 5 heteroatoms. The van der Waals surface area contributed by atoms with E-state index in [9.17, 15) is 4.79 Å². The second kappa shape index (κ2) is 6.43. The lowest BCUT2D eigenvalue weighted by Crippen LogP contribution is -2.34. The number of hydrogen-bond donors (Lipinski definition) is 2. The predicted octanol–water partition coefficient (Wildman–Crippen LogP) is 1.45. The number of methoxy groups -OCH3 is 1. The Labute approximate surface area is 112 Å². The molecule has 5 nitrogen and oxygen atoms in total. The Hall–Kier alpha value is -1.75. The number of carboxylic acid groups (broad SMARTS) is 1. The van der Waals surface area contributed by atoms with E-state index < -0.39 is 5.97 Å². The molecule has 0 unspecified atom stereocenters. The first kappa shape index (κ1) is 13.7. The van der Waals surface area contributed by atoms with Gasteiger partial charge in [-0.15, -0.1) is 0 Å². The SMILES string of the molecule is COc1cc(CC(=O)O)ccc1OC1CCNCC1. The average Bonchev–Trinajstić information content (AvgIpc) is 2.41. The van der Waals surface area contributed by atoms with E-state index in [0.29, 0.717) is 17.1 Å². The van der Waals surface area contributed by atoms with Crippen molar-refractivity contribution in [3.05, 3.63) is 23.8 Å². The Morgan fingerprint density at radius 1 is 1.37 bits per heavy atom. The Kier molecular flexibility index (Phi) is 4.63. The molecular weight excluding hydrogens is 246 g/mol. The van der Waals surface area contributed by atoms with E-state index in [2.05, 4.69) is 5.32 Å². The molecule has 1 fully saturated rings. The smallest absolute Gasteiger partial charge is 0.307 e. The Bertz CT molecular complexity index is 441. The molecule has 0 saturated carbocycles. The van der Waals surface area contributed by atoms with Crippen LogP contribution in [-0.2, 0) is 11.2 Å². The third-order valence-corrected chi connectivity index (χ3v) is 3.16. The van der Waals surface area contributed by atoms with Crippen LogP contribution in [0.1, 0.15) is 18.4 Å². The van der Waals surface area contributed by atoms with E-state index in [0.717, 1.165) is 25.9 Å². The van der Waals surface area contributed by atoms with Gasteiger partial charge in [0.2, 0.25) is 0 Å². The van der Waals surface area contributed by atoms with E-state index in [1.165, 1.54) is 0 Å². The summed E-state index contributed by atoms with van der Waals surface area (Å²) in [5.41, 5.74) is 0.710. The summed E-state index contributed by atoms with van der Waals surface area (Å²) in [4.78, 5) is 10.7. The van der Waals surface area contributed by atoms with Crippen molar-refractivity contribution in [3.63, 3.8) is 0 Å². The number of benzene rings is 1. The molecule has 0 radical (unpaired) electrons. The standard InChI is InChI=1S/C14H19NO4/c1-18-13-8-10(9-14(16)17)2-3-12(13)19-11-4-6-15-7-5-11/h2-3,8,11,15H,4-7,9H2,1H3,(H,16,17). The van der Waals surface area contributed by atoms with Crippen molar-refractivity contribution >= 4 is 5.97 Å². The Balaban J connectivity index is 2.08. The minimum absolute atomic E-state index is 0.00993. The van der Waals surface area contributed by atoms with Gasteiger partial charge >= 0.3 is 5.97 Å². The van der Waals surface area contributed by atoms with Gasteiger partial charge < -0.3 is 19.9 Å². The first-order valence-corrected chi connectivity index (χ1v) is 6.45. The topological polar surface area (TPSA) is 67.8 Å². The van der Waals surface area contributed by atoms with E-state index in [1.807, 2.05) is 0 Å². The van der Waals surface area contributed by atoms with Crippen LogP contribution in [0.5, 0.6) is 11.5 Å². The van der Waals surface area contributed by atoms with E-state index in [1.54, 1.807) is 25.3 Å². The van der Waals surface area contributed by atoms with Crippen LogP contribution in [0.4, 0.5) is 0 Å². The van der Waals surface area contributed by atoms with Crippen molar-refractivity contribution in [2.45, 2.75) is 25.4 Å². The van der Waals surface area contributed by atoms with Crippen molar-refractivity contribution in [1.29, 1.82) is 0 Å². The lowest BCUT2D eigenvalue weighted by atomic mass is 10.1. The summed E-state index contributed by atoms with van der Waals surface area (Å²) in [6.07, 6.45) is 2.13. The van der Waals surface area contributed by atoms with Gasteiger partial charge in [0.15, 0.2) is 11.5 Å². The highest BCUT2D eigenvalue weighted by atomic mass is 16.5. The quantitative estimate of drug-likeness (QED) is 0.843. The van der Waals surface area contributed by atoms with Crippen LogP contribution in [-0.4, -0.2) is 37.4 Å². The molecule has 0 amide bonds. The zero-order valence-electron chi connectivity index (χ0n) is 11.0. The van der Waals surface area contributed by atoms with Gasteiger partial charge in [-0.25, -0.2) is 0 Å². The third kappa shape index (κ3) is 3.86. The van der Waals surface area contributed by atoms with Gasteiger partial charge in [-0.1, -0.05) is 6.07 Å². The normalized spacial score (nSPS) is 16.1. The molecule has 1 aromatic carbocycles. The number of rotatable bonds is 5. The maximum Gasteiger partial charge on any atom is 0.307 e. The predicted molar refractivity (Wildman–Crippen MR) is 70.9 cm³/mol. The molecule has 0 bridgehead atoms. The molecule has 2 N–H and O–H groups in total. The minimum Gasteiger partial charge on any atom is -0.493 e. The Morgan fingerprint density at radius 3 is 2.74 bits per heavy atom. The molecule has 1 aromatic rings. The number of carboxylic acids is 1. The second-order valence-corrected chi connectivity index (χ2v) is 4.62. The number of ether oxygens (including phenoxy) is 2. The van der Waals surface area contributed by atoms with Crippen molar-refractivity contribution in [3.8, 4) is 11.5 Å².